The van der Waals surface area contributed by atoms with Gasteiger partial charge in [-0.25, -0.2) is 0 Å². The summed E-state index contributed by atoms with van der Waals surface area (Å²) >= 11 is 0. The third kappa shape index (κ3) is 9.72. The summed E-state index contributed by atoms with van der Waals surface area (Å²) in [6.45, 7) is 0. The molecule has 0 bridgehead atoms. The summed E-state index contributed by atoms with van der Waals surface area (Å²) in [5.74, 6) is 0.145. The molecule has 4 heterocycles. The third-order valence-electron chi connectivity index (χ3n) is 23.8. The molecule has 0 radical (unpaired) electrons. The van der Waals surface area contributed by atoms with Crippen LogP contribution >= 0.6 is 0 Å². The Kier molecular flexibility index (Phi) is 13.9. The van der Waals surface area contributed by atoms with Gasteiger partial charge in [-0.2, -0.15) is 0 Å². The van der Waals surface area contributed by atoms with Crippen LogP contribution in [0.1, 0.15) is 33.7 Å². The minimum Gasteiger partial charge on any atom is -0.456 e. The molecule has 1 unspecified atom stereocenters. The maximum Gasteiger partial charge on any atom is 0.135 e. The van der Waals surface area contributed by atoms with Gasteiger partial charge in [-0.15, -0.1) is 0 Å². The molecule has 110 heavy (non-hydrogen) atoms. The fourth-order valence-electron chi connectivity index (χ4n) is 18.8. The summed E-state index contributed by atoms with van der Waals surface area (Å²) in [4.78, 5) is 0. The number of furan rings is 1. The predicted octanol–water partition coefficient (Wildman–Crippen LogP) is 28.3. The lowest BCUT2D eigenvalue weighted by Gasteiger charge is -2.18. The highest BCUT2D eigenvalue weighted by atomic mass is 16.3. The lowest BCUT2D eigenvalue weighted by Crippen LogP contribution is -2.00. The van der Waals surface area contributed by atoms with Gasteiger partial charge in [0.15, 0.2) is 0 Å². The second-order valence-electron chi connectivity index (χ2n) is 29.8. The molecular formula is C106H67N3O. The molecule has 18 aromatic carbocycles. The first-order chi connectivity index (χ1) is 54.5. The zero-order chi connectivity index (χ0) is 72.1. The number of fused-ring (bicyclic) bond motifs is 20. The summed E-state index contributed by atoms with van der Waals surface area (Å²) in [5.41, 5.74) is 34.7. The molecule has 2 aliphatic carbocycles. The van der Waals surface area contributed by atoms with Gasteiger partial charge < -0.3 is 18.1 Å². The molecule has 0 amide bonds. The molecular weight excluding hydrogens is 1330 g/mol. The summed E-state index contributed by atoms with van der Waals surface area (Å²) in [6, 6.07) is 143. The zero-order valence-electron chi connectivity index (χ0n) is 60.0. The van der Waals surface area contributed by atoms with Crippen LogP contribution in [0.5, 0.6) is 0 Å². The van der Waals surface area contributed by atoms with E-state index in [0.717, 1.165) is 28.4 Å². The van der Waals surface area contributed by atoms with Crippen molar-refractivity contribution in [2.24, 2.45) is 0 Å². The van der Waals surface area contributed by atoms with E-state index in [4.69, 9.17) is 4.42 Å². The molecule has 512 valence electrons. The number of benzene rings is 18. The quantitative estimate of drug-likeness (QED) is 0.149. The van der Waals surface area contributed by atoms with Gasteiger partial charge in [0.25, 0.3) is 0 Å². The maximum atomic E-state index is 6.12. The van der Waals surface area contributed by atoms with E-state index in [0.29, 0.717) is 0 Å². The Labute approximate surface area is 635 Å². The van der Waals surface area contributed by atoms with E-state index in [1.807, 2.05) is 12.1 Å². The molecule has 0 N–H and O–H groups in total. The number of nitrogens with zero attached hydrogens (tertiary/aromatic N) is 3. The van der Waals surface area contributed by atoms with E-state index in [1.165, 1.54) is 199 Å². The Balaban J connectivity index is 0.000000132. The normalized spacial score (nSPS) is 13.0. The fourth-order valence-corrected chi connectivity index (χ4v) is 18.8. The number of hydrogen-bond donors (Lipinski definition) is 0. The van der Waals surface area contributed by atoms with E-state index < -0.39 is 0 Å². The van der Waals surface area contributed by atoms with Crippen LogP contribution in [0.2, 0.25) is 0 Å². The standard InChI is InChI=1S/C53H34N2.C53H33NO/c1-2-13-41(14-3-1)54-50-18-8-6-16-45(50)47-27-23-37(33-53(47)54)36-24-28-52-48(32-36)46-17-7-9-19-51(46)55(52)49-20-10-12-39-29-34(22-26-44(39)49)35-21-25-43-40(30-35)31-38-11-4-5-15-42(38)43;1-2-12-38(13-3-1)54-49-19-8-6-15-41(49)42-26-22-36(32-50(42)54)34-23-27-46-47(30-34)40-14-4-5-17-45(40)53(46)44-18-10-11-37-29-33(21-25-39(37)44)35-24-28-52-48(31-35)43-16-7-9-20-51(43)55-52/h1-30,32-33H,31H2;1-32,53H. The van der Waals surface area contributed by atoms with Crippen molar-refractivity contribution >= 4 is 109 Å². The number of aromatic nitrogens is 3. The molecule has 0 saturated heterocycles. The van der Waals surface area contributed by atoms with E-state index in [9.17, 15) is 0 Å². The second-order valence-corrected chi connectivity index (χ2v) is 29.8. The summed E-state index contributed by atoms with van der Waals surface area (Å²) < 4.78 is 13.4. The first-order valence-corrected chi connectivity index (χ1v) is 38.2. The summed E-state index contributed by atoms with van der Waals surface area (Å²) in [6.07, 6.45) is 0.999. The Morgan fingerprint density at radius 3 is 1.35 bits per heavy atom. The molecule has 24 rings (SSSR count). The number of hydrogen-bond acceptors (Lipinski definition) is 1. The Hall–Kier alpha value is -14.3. The van der Waals surface area contributed by atoms with Crippen LogP contribution in [0.3, 0.4) is 0 Å². The highest BCUT2D eigenvalue weighted by Gasteiger charge is 2.32. The van der Waals surface area contributed by atoms with Crippen molar-refractivity contribution in [2.45, 2.75) is 12.3 Å². The molecule has 0 fully saturated rings. The summed E-state index contributed by atoms with van der Waals surface area (Å²) in [7, 11) is 0. The van der Waals surface area contributed by atoms with E-state index in [2.05, 4.69) is 390 Å². The van der Waals surface area contributed by atoms with E-state index >= 15 is 0 Å². The van der Waals surface area contributed by atoms with Crippen LogP contribution in [0.15, 0.2) is 393 Å². The topological polar surface area (TPSA) is 27.9 Å². The molecule has 4 nitrogen and oxygen atoms in total. The van der Waals surface area contributed by atoms with Crippen LogP contribution in [0.25, 0.3) is 193 Å². The molecule has 4 heteroatoms. The highest BCUT2D eigenvalue weighted by molar-refractivity contribution is 6.15. The molecule has 0 saturated carbocycles. The van der Waals surface area contributed by atoms with Gasteiger partial charge in [0, 0.05) is 65.8 Å². The smallest absolute Gasteiger partial charge is 0.135 e. The highest BCUT2D eigenvalue weighted by Crippen LogP contribution is 2.52. The monoisotopic (exact) mass is 1400 g/mol. The largest absolute Gasteiger partial charge is 0.456 e. The van der Waals surface area contributed by atoms with Crippen molar-refractivity contribution in [2.75, 3.05) is 0 Å². The Morgan fingerprint density at radius 2 is 0.645 bits per heavy atom. The molecule has 4 aromatic heterocycles. The van der Waals surface area contributed by atoms with Crippen LogP contribution in [0, 0.1) is 0 Å². The lowest BCUT2D eigenvalue weighted by molar-refractivity contribution is 0.669. The zero-order valence-corrected chi connectivity index (χ0v) is 60.0. The maximum absolute atomic E-state index is 6.12. The first-order valence-electron chi connectivity index (χ1n) is 38.2. The van der Waals surface area contributed by atoms with Crippen molar-refractivity contribution in [3.05, 3.63) is 416 Å². The first kappa shape index (κ1) is 61.9. The average molecular weight is 1400 g/mol. The SMILES string of the molecule is c1ccc(-n2c3ccccc3c3ccc(-c4ccc5c(c4)-c4ccccc4C5c4cccc5cc(-c6ccc7oc8ccccc8c7c6)ccc45)cc32)cc1.c1ccc(-n2c3ccccc3c3ccc(-c4ccc5c(c4)c4ccccc4n5-c4cccc5cc(-c6ccc7c(c6)Cc6ccccc6-7)ccc45)cc32)cc1. The van der Waals surface area contributed by atoms with Gasteiger partial charge >= 0.3 is 0 Å². The molecule has 2 aliphatic rings. The molecule has 0 spiro atoms. The summed E-state index contributed by atoms with van der Waals surface area (Å²) in [5, 5.41) is 14.9. The van der Waals surface area contributed by atoms with Crippen LogP contribution in [-0.2, 0) is 6.42 Å². The van der Waals surface area contributed by atoms with Crippen molar-refractivity contribution in [3.8, 4) is 83.8 Å². The van der Waals surface area contributed by atoms with Gasteiger partial charge in [-0.1, -0.05) is 279 Å². The number of rotatable bonds is 8. The van der Waals surface area contributed by atoms with Crippen molar-refractivity contribution in [3.63, 3.8) is 0 Å². The van der Waals surface area contributed by atoms with E-state index in [-0.39, 0.29) is 5.92 Å². The fraction of sp³-hybridized carbons (Fsp3) is 0.0189. The number of para-hydroxylation sites is 6. The minimum absolute atomic E-state index is 0.145. The van der Waals surface area contributed by atoms with Gasteiger partial charge in [-0.3, -0.25) is 0 Å². The van der Waals surface area contributed by atoms with Gasteiger partial charge in [0.1, 0.15) is 11.2 Å². The van der Waals surface area contributed by atoms with E-state index in [1.54, 1.807) is 0 Å². The van der Waals surface area contributed by atoms with Gasteiger partial charge in [-0.05, 0) is 226 Å². The minimum atomic E-state index is 0.145. The molecule has 22 aromatic rings. The van der Waals surface area contributed by atoms with Gasteiger partial charge in [0.2, 0.25) is 0 Å². The lowest BCUT2D eigenvalue weighted by atomic mass is 9.85. The Morgan fingerprint density at radius 1 is 0.209 bits per heavy atom. The average Bonchev–Trinajstić information content (AvgIpc) is 1.62. The molecule has 1 atom stereocenters. The molecule has 0 aliphatic heterocycles. The van der Waals surface area contributed by atoms with Crippen LogP contribution in [-0.4, -0.2) is 13.7 Å². The van der Waals surface area contributed by atoms with Crippen LogP contribution < -0.4 is 0 Å². The van der Waals surface area contributed by atoms with Crippen LogP contribution in [0.4, 0.5) is 0 Å². The van der Waals surface area contributed by atoms with Crippen molar-refractivity contribution in [1.29, 1.82) is 0 Å². The van der Waals surface area contributed by atoms with Gasteiger partial charge in [0.05, 0.1) is 38.8 Å². The van der Waals surface area contributed by atoms with Crippen molar-refractivity contribution < 1.29 is 4.42 Å². The predicted molar refractivity (Wildman–Crippen MR) is 461 cm³/mol. The third-order valence-corrected chi connectivity index (χ3v) is 23.8. The Bertz CT molecular complexity index is 7570. The van der Waals surface area contributed by atoms with Crippen molar-refractivity contribution in [1.82, 2.24) is 13.7 Å². The second kappa shape index (κ2) is 24.6.